The number of thiazole rings is 1. The van der Waals surface area contributed by atoms with Gasteiger partial charge in [-0.05, 0) is 52.9 Å². The van der Waals surface area contributed by atoms with Gasteiger partial charge in [0.25, 0.3) is 0 Å². The van der Waals surface area contributed by atoms with Gasteiger partial charge in [0.05, 0.1) is 10.2 Å². The maximum absolute atomic E-state index is 4.66. The molecule has 0 bridgehead atoms. The Morgan fingerprint density at radius 1 is 1.06 bits per heavy atom. The molecule has 0 unspecified atom stereocenters. The van der Waals surface area contributed by atoms with E-state index in [1.54, 1.807) is 11.3 Å². The summed E-state index contributed by atoms with van der Waals surface area (Å²) in [5, 5.41) is 1.08. The molecular formula is C13H7BrINS. The lowest BCUT2D eigenvalue weighted by molar-refractivity contribution is 1.47. The summed E-state index contributed by atoms with van der Waals surface area (Å²) in [5.74, 6) is 0. The molecule has 0 N–H and O–H groups in total. The van der Waals surface area contributed by atoms with Gasteiger partial charge in [-0.1, -0.05) is 28.1 Å². The molecule has 1 nitrogen and oxygen atoms in total. The van der Waals surface area contributed by atoms with Crippen LogP contribution < -0.4 is 0 Å². The van der Waals surface area contributed by atoms with Crippen molar-refractivity contribution in [1.82, 2.24) is 4.98 Å². The van der Waals surface area contributed by atoms with Crippen molar-refractivity contribution in [2.45, 2.75) is 0 Å². The van der Waals surface area contributed by atoms with Crippen molar-refractivity contribution in [3.05, 3.63) is 50.5 Å². The van der Waals surface area contributed by atoms with E-state index in [4.69, 9.17) is 0 Å². The van der Waals surface area contributed by atoms with E-state index in [9.17, 15) is 0 Å². The Morgan fingerprint density at radius 3 is 2.59 bits per heavy atom. The largest absolute Gasteiger partial charge is 0.236 e. The highest BCUT2D eigenvalue weighted by Gasteiger charge is 2.06. The van der Waals surface area contributed by atoms with E-state index >= 15 is 0 Å². The standard InChI is InChI=1S/C13H7BrINS/c14-9-3-6-12-11(7-9)16-13(17-12)8-1-4-10(15)5-2-8/h1-7H. The molecule has 3 aromatic rings. The van der Waals surface area contributed by atoms with E-state index in [0.29, 0.717) is 0 Å². The maximum atomic E-state index is 4.66. The highest BCUT2D eigenvalue weighted by atomic mass is 127. The van der Waals surface area contributed by atoms with Gasteiger partial charge in [0.2, 0.25) is 0 Å². The molecule has 0 aliphatic carbocycles. The average molecular weight is 416 g/mol. The van der Waals surface area contributed by atoms with Crippen LogP contribution in [0.1, 0.15) is 0 Å². The van der Waals surface area contributed by atoms with Crippen LogP contribution in [0.15, 0.2) is 46.9 Å². The van der Waals surface area contributed by atoms with E-state index in [0.717, 1.165) is 15.0 Å². The fraction of sp³-hybridized carbons (Fsp3) is 0. The SMILES string of the molecule is Brc1ccc2sc(-c3ccc(I)cc3)nc2c1. The molecule has 1 heterocycles. The predicted octanol–water partition coefficient (Wildman–Crippen LogP) is 5.33. The number of fused-ring (bicyclic) bond motifs is 1. The van der Waals surface area contributed by atoms with Crippen LogP contribution in [-0.4, -0.2) is 4.98 Å². The second kappa shape index (κ2) is 4.66. The number of hydrogen-bond donors (Lipinski definition) is 0. The summed E-state index contributed by atoms with van der Waals surface area (Å²) in [6, 6.07) is 14.7. The van der Waals surface area contributed by atoms with Gasteiger partial charge in [-0.3, -0.25) is 0 Å². The summed E-state index contributed by atoms with van der Waals surface area (Å²) < 4.78 is 3.54. The van der Waals surface area contributed by atoms with Crippen LogP contribution in [0.5, 0.6) is 0 Å². The predicted molar refractivity (Wildman–Crippen MR) is 85.5 cm³/mol. The van der Waals surface area contributed by atoms with Gasteiger partial charge in [0, 0.05) is 13.6 Å². The fourth-order valence-corrected chi connectivity index (χ4v) is 3.28. The molecule has 0 amide bonds. The first-order valence-electron chi connectivity index (χ1n) is 5.04. The first-order valence-corrected chi connectivity index (χ1v) is 7.73. The molecule has 84 valence electrons. The first-order chi connectivity index (χ1) is 8.22. The third-order valence-electron chi connectivity index (χ3n) is 2.44. The monoisotopic (exact) mass is 415 g/mol. The normalized spacial score (nSPS) is 10.9. The number of hydrogen-bond acceptors (Lipinski definition) is 2. The minimum Gasteiger partial charge on any atom is -0.236 e. The van der Waals surface area contributed by atoms with Gasteiger partial charge < -0.3 is 0 Å². The van der Waals surface area contributed by atoms with E-state index in [1.807, 2.05) is 0 Å². The molecule has 17 heavy (non-hydrogen) atoms. The quantitative estimate of drug-likeness (QED) is 0.489. The van der Waals surface area contributed by atoms with Crippen LogP contribution in [0.3, 0.4) is 0 Å². The van der Waals surface area contributed by atoms with Gasteiger partial charge in [-0.2, -0.15) is 0 Å². The number of benzene rings is 2. The zero-order valence-corrected chi connectivity index (χ0v) is 13.2. The van der Waals surface area contributed by atoms with Crippen LogP contribution in [-0.2, 0) is 0 Å². The average Bonchev–Trinajstić information content (AvgIpc) is 2.72. The van der Waals surface area contributed by atoms with Gasteiger partial charge >= 0.3 is 0 Å². The van der Waals surface area contributed by atoms with Gasteiger partial charge in [0.1, 0.15) is 5.01 Å². The number of halogens is 2. The lowest BCUT2D eigenvalue weighted by Crippen LogP contribution is -1.76. The van der Waals surface area contributed by atoms with Crippen molar-refractivity contribution in [2.75, 3.05) is 0 Å². The Morgan fingerprint density at radius 2 is 1.82 bits per heavy atom. The second-order valence-electron chi connectivity index (χ2n) is 3.64. The third kappa shape index (κ3) is 2.39. The number of aromatic nitrogens is 1. The molecule has 0 fully saturated rings. The second-order valence-corrected chi connectivity index (χ2v) is 6.83. The van der Waals surface area contributed by atoms with Gasteiger partial charge in [-0.15, -0.1) is 11.3 Å². The summed E-state index contributed by atoms with van der Waals surface area (Å²) in [7, 11) is 0. The Labute approximate surface area is 125 Å². The van der Waals surface area contributed by atoms with Crippen LogP contribution in [0.25, 0.3) is 20.8 Å². The third-order valence-corrected chi connectivity index (χ3v) is 4.74. The Hall–Kier alpha value is -0.460. The van der Waals surface area contributed by atoms with Crippen LogP contribution in [0.2, 0.25) is 0 Å². The molecule has 0 radical (unpaired) electrons. The molecule has 4 heteroatoms. The summed E-state index contributed by atoms with van der Waals surface area (Å²) in [5.41, 5.74) is 2.24. The first kappa shape index (κ1) is 11.6. The van der Waals surface area contributed by atoms with Gasteiger partial charge in [-0.25, -0.2) is 4.98 Å². The summed E-state index contributed by atoms with van der Waals surface area (Å²) in [4.78, 5) is 4.66. The minimum absolute atomic E-state index is 1.05. The lowest BCUT2D eigenvalue weighted by atomic mass is 10.2. The van der Waals surface area contributed by atoms with E-state index in [2.05, 4.69) is 86.0 Å². The van der Waals surface area contributed by atoms with E-state index in [-0.39, 0.29) is 0 Å². The van der Waals surface area contributed by atoms with Crippen molar-refractivity contribution in [3.8, 4) is 10.6 Å². The Balaban J connectivity index is 2.14. The molecule has 2 aromatic carbocycles. The molecule has 0 aliphatic rings. The molecule has 0 spiro atoms. The number of rotatable bonds is 1. The Bertz CT molecular complexity index is 675. The highest BCUT2D eigenvalue weighted by Crippen LogP contribution is 2.31. The van der Waals surface area contributed by atoms with Crippen molar-refractivity contribution in [1.29, 1.82) is 0 Å². The molecule has 3 rings (SSSR count). The molecule has 0 saturated heterocycles. The summed E-state index contributed by atoms with van der Waals surface area (Å²) >= 11 is 7.51. The van der Waals surface area contributed by atoms with Crippen molar-refractivity contribution < 1.29 is 0 Å². The molecule has 0 atom stereocenters. The highest BCUT2D eigenvalue weighted by molar-refractivity contribution is 14.1. The van der Waals surface area contributed by atoms with Crippen molar-refractivity contribution in [2.24, 2.45) is 0 Å². The Kier molecular flexibility index (Phi) is 3.19. The lowest BCUT2D eigenvalue weighted by Gasteiger charge is -1.94. The summed E-state index contributed by atoms with van der Waals surface area (Å²) in [6.45, 7) is 0. The zero-order valence-electron chi connectivity index (χ0n) is 8.65. The van der Waals surface area contributed by atoms with E-state index < -0.39 is 0 Å². The number of nitrogens with zero attached hydrogens (tertiary/aromatic N) is 1. The zero-order chi connectivity index (χ0) is 11.8. The molecular weight excluding hydrogens is 409 g/mol. The smallest absolute Gasteiger partial charge is 0.124 e. The minimum atomic E-state index is 1.05. The topological polar surface area (TPSA) is 12.9 Å². The fourth-order valence-electron chi connectivity index (χ4n) is 1.62. The van der Waals surface area contributed by atoms with Crippen LogP contribution >= 0.6 is 49.9 Å². The van der Waals surface area contributed by atoms with Crippen LogP contribution in [0, 0.1) is 3.57 Å². The van der Waals surface area contributed by atoms with Crippen molar-refractivity contribution >= 4 is 60.1 Å². The van der Waals surface area contributed by atoms with Crippen LogP contribution in [0.4, 0.5) is 0 Å². The van der Waals surface area contributed by atoms with Crippen molar-refractivity contribution in [3.63, 3.8) is 0 Å². The molecule has 0 aliphatic heterocycles. The van der Waals surface area contributed by atoms with E-state index in [1.165, 1.54) is 13.8 Å². The molecule has 0 saturated carbocycles. The summed E-state index contributed by atoms with van der Waals surface area (Å²) in [6.07, 6.45) is 0. The van der Waals surface area contributed by atoms with Gasteiger partial charge in [0.15, 0.2) is 0 Å². The maximum Gasteiger partial charge on any atom is 0.124 e. The molecule has 1 aromatic heterocycles.